The molecule has 0 N–H and O–H groups in total. The van der Waals surface area contributed by atoms with Gasteiger partial charge >= 0.3 is 0 Å². The van der Waals surface area contributed by atoms with Crippen LogP contribution in [-0.2, 0) is 4.74 Å². The minimum atomic E-state index is 0.746. The second kappa shape index (κ2) is 11.3. The maximum Gasteiger partial charge on any atom is 0.128 e. The molecule has 0 unspecified atom stereocenters. The van der Waals surface area contributed by atoms with Gasteiger partial charge in [-0.15, -0.1) is 0 Å². The van der Waals surface area contributed by atoms with Crippen LogP contribution < -0.4 is 4.90 Å². The quantitative estimate of drug-likeness (QED) is 0.450. The van der Waals surface area contributed by atoms with Crippen LogP contribution in [0.25, 0.3) is 27.6 Å². The Hall–Kier alpha value is -3.42. The van der Waals surface area contributed by atoms with Crippen LogP contribution in [0.15, 0.2) is 66.9 Å². The lowest BCUT2D eigenvalue weighted by Crippen LogP contribution is -2.36. The Morgan fingerprint density at radius 1 is 1.16 bits per heavy atom. The van der Waals surface area contributed by atoms with E-state index in [1.165, 1.54) is 5.57 Å². The molecule has 4 heteroatoms. The van der Waals surface area contributed by atoms with Crippen LogP contribution >= 0.6 is 0 Å². The van der Waals surface area contributed by atoms with Gasteiger partial charge in [0, 0.05) is 30.4 Å². The smallest absolute Gasteiger partial charge is 0.128 e. The van der Waals surface area contributed by atoms with Crippen LogP contribution in [0, 0.1) is 12.1 Å². The van der Waals surface area contributed by atoms with Crippen molar-refractivity contribution >= 4 is 22.3 Å². The molecule has 1 aliphatic rings. The molecular weight excluding hydrogens is 394 g/mol. The second-order valence-corrected chi connectivity index (χ2v) is 7.26. The number of ether oxygens (including phenoxy) is 1. The molecule has 1 aliphatic heterocycles. The zero-order valence-corrected chi connectivity index (χ0v) is 19.5. The van der Waals surface area contributed by atoms with Crippen molar-refractivity contribution in [2.45, 2.75) is 27.7 Å². The number of allylic oxidation sites excluding steroid dienone is 5. The molecule has 0 spiro atoms. The molecular formula is C28H31N3O. The van der Waals surface area contributed by atoms with Crippen molar-refractivity contribution in [3.63, 3.8) is 0 Å². The minimum absolute atomic E-state index is 0.746. The number of morpholine rings is 1. The minimum Gasteiger partial charge on any atom is -0.378 e. The molecule has 0 radical (unpaired) electrons. The lowest BCUT2D eigenvalue weighted by Gasteiger charge is -2.27. The third-order valence-electron chi connectivity index (χ3n) is 5.32. The highest BCUT2D eigenvalue weighted by Gasteiger charge is 2.13. The lowest BCUT2D eigenvalue weighted by molar-refractivity contribution is 0.122. The monoisotopic (exact) mass is 425 g/mol. The van der Waals surface area contributed by atoms with Crippen molar-refractivity contribution in [2.24, 2.45) is 0 Å². The largest absolute Gasteiger partial charge is 0.378 e. The number of fused-ring (bicyclic) bond motifs is 1. The summed E-state index contributed by atoms with van der Waals surface area (Å²) in [5, 5.41) is 0.930. The summed E-state index contributed by atoms with van der Waals surface area (Å²) in [6.45, 7) is 15.3. The predicted molar refractivity (Wildman–Crippen MR) is 135 cm³/mol. The first kappa shape index (κ1) is 23.2. The number of nitrogens with zero attached hydrogens (tertiary/aromatic N) is 3. The number of hydrogen-bond donors (Lipinski definition) is 0. The topological polar surface area (TPSA) is 38.2 Å². The third-order valence-corrected chi connectivity index (χ3v) is 5.32. The van der Waals surface area contributed by atoms with Gasteiger partial charge in [0.05, 0.1) is 29.8 Å². The molecule has 0 bridgehead atoms. The summed E-state index contributed by atoms with van der Waals surface area (Å²) in [6.07, 6.45) is 7.92. The fourth-order valence-electron chi connectivity index (χ4n) is 3.49. The zero-order valence-electron chi connectivity index (χ0n) is 19.5. The fraction of sp³-hybridized carbons (Fsp3) is 0.286. The van der Waals surface area contributed by atoms with E-state index in [0.717, 1.165) is 65.4 Å². The first-order valence-electron chi connectivity index (χ1n) is 11.2. The molecule has 2 aromatic heterocycles. The molecule has 1 saturated heterocycles. The standard InChI is InChI=1S/C26H25N3O.C2H6/c1-4-19(3)17-20(5-2)24-11-9-21-7-6-8-23(26(21)28-24)22-10-12-25(27-18-22)29-13-15-30-16-14-29;1-2/h4-5,8-12,17-18H,2,13-16H2,1,3H3;1-2H3/b19-4+,20-17+;. The highest BCUT2D eigenvalue weighted by Crippen LogP contribution is 2.28. The van der Waals surface area contributed by atoms with Crippen LogP contribution in [0.2, 0.25) is 0 Å². The molecule has 0 atom stereocenters. The summed E-state index contributed by atoms with van der Waals surface area (Å²) >= 11 is 0. The second-order valence-electron chi connectivity index (χ2n) is 7.26. The van der Waals surface area contributed by atoms with Gasteiger partial charge in [0.1, 0.15) is 5.82 Å². The molecule has 4 nitrogen and oxygen atoms in total. The Balaban J connectivity index is 0.00000141. The van der Waals surface area contributed by atoms with Gasteiger partial charge in [0.25, 0.3) is 0 Å². The molecule has 1 fully saturated rings. The Kier molecular flexibility index (Phi) is 8.19. The molecule has 4 rings (SSSR count). The Morgan fingerprint density at radius 2 is 1.94 bits per heavy atom. The Morgan fingerprint density at radius 3 is 2.59 bits per heavy atom. The number of rotatable bonds is 5. The predicted octanol–water partition coefficient (Wildman–Crippen LogP) is 6.30. The van der Waals surface area contributed by atoms with Gasteiger partial charge in [-0.25, -0.2) is 9.97 Å². The number of hydrogen-bond acceptors (Lipinski definition) is 4. The average molecular weight is 426 g/mol. The van der Waals surface area contributed by atoms with Crippen molar-refractivity contribution in [3.8, 4) is 11.1 Å². The first-order valence-corrected chi connectivity index (χ1v) is 11.2. The molecule has 3 heterocycles. The molecule has 164 valence electrons. The van der Waals surface area contributed by atoms with Crippen molar-refractivity contribution in [1.82, 2.24) is 9.97 Å². The zero-order chi connectivity index (χ0) is 22.9. The van der Waals surface area contributed by atoms with Crippen LogP contribution in [-0.4, -0.2) is 36.3 Å². The van der Waals surface area contributed by atoms with Crippen molar-refractivity contribution < 1.29 is 4.74 Å². The lowest BCUT2D eigenvalue weighted by atomic mass is 10.0. The molecule has 0 amide bonds. The maximum absolute atomic E-state index is 5.43. The molecule has 3 aromatic rings. The summed E-state index contributed by atoms with van der Waals surface area (Å²) in [6, 6.07) is 16.4. The van der Waals surface area contributed by atoms with Crippen LogP contribution in [0.1, 0.15) is 33.4 Å². The Bertz CT molecular complexity index is 1110. The molecule has 0 aliphatic carbocycles. The Labute approximate surface area is 192 Å². The molecule has 1 aromatic carbocycles. The van der Waals surface area contributed by atoms with Crippen molar-refractivity contribution in [2.75, 3.05) is 31.2 Å². The summed E-state index contributed by atoms with van der Waals surface area (Å²) in [7, 11) is 0. The van der Waals surface area contributed by atoms with Gasteiger partial charge < -0.3 is 9.64 Å². The van der Waals surface area contributed by atoms with Gasteiger partial charge in [-0.05, 0) is 49.8 Å². The number of anilines is 1. The van der Waals surface area contributed by atoms with E-state index in [4.69, 9.17) is 14.7 Å². The van der Waals surface area contributed by atoms with Crippen molar-refractivity contribution in [3.05, 3.63) is 84.7 Å². The normalized spacial score (nSPS) is 14.4. The van der Waals surface area contributed by atoms with E-state index in [1.807, 2.05) is 51.2 Å². The number of aromatic nitrogens is 2. The third kappa shape index (κ3) is 5.25. The van der Waals surface area contributed by atoms with Gasteiger partial charge in [-0.2, -0.15) is 0 Å². The highest BCUT2D eigenvalue weighted by molar-refractivity contribution is 5.93. The highest BCUT2D eigenvalue weighted by atomic mass is 16.5. The molecule has 0 saturated carbocycles. The first-order chi connectivity index (χ1) is 15.7. The van der Waals surface area contributed by atoms with E-state index >= 15 is 0 Å². The van der Waals surface area contributed by atoms with Gasteiger partial charge in [-0.3, -0.25) is 0 Å². The van der Waals surface area contributed by atoms with E-state index in [1.54, 1.807) is 0 Å². The van der Waals surface area contributed by atoms with E-state index in [0.29, 0.717) is 0 Å². The summed E-state index contributed by atoms with van der Waals surface area (Å²) in [4.78, 5) is 11.9. The van der Waals surface area contributed by atoms with Crippen LogP contribution in [0.5, 0.6) is 0 Å². The summed E-state index contributed by atoms with van der Waals surface area (Å²) in [5.74, 6) is 0.977. The van der Waals surface area contributed by atoms with Gasteiger partial charge in [0.15, 0.2) is 0 Å². The van der Waals surface area contributed by atoms with E-state index in [-0.39, 0.29) is 0 Å². The number of pyridine rings is 2. The van der Waals surface area contributed by atoms with E-state index < -0.39 is 0 Å². The average Bonchev–Trinajstić information content (AvgIpc) is 2.88. The summed E-state index contributed by atoms with van der Waals surface area (Å²) < 4.78 is 5.43. The van der Waals surface area contributed by atoms with Gasteiger partial charge in [0.2, 0.25) is 0 Å². The fourth-order valence-corrected chi connectivity index (χ4v) is 3.49. The van der Waals surface area contributed by atoms with Crippen LogP contribution in [0.4, 0.5) is 5.82 Å². The molecule has 32 heavy (non-hydrogen) atoms. The van der Waals surface area contributed by atoms with E-state index in [2.05, 4.69) is 54.8 Å². The van der Waals surface area contributed by atoms with Crippen LogP contribution in [0.3, 0.4) is 0 Å². The summed E-state index contributed by atoms with van der Waals surface area (Å²) in [5.41, 5.74) is 5.95. The maximum atomic E-state index is 5.43. The van der Waals surface area contributed by atoms with Crippen molar-refractivity contribution in [1.29, 1.82) is 0 Å². The van der Waals surface area contributed by atoms with E-state index in [9.17, 15) is 0 Å². The van der Waals surface area contributed by atoms with Gasteiger partial charge in [-0.1, -0.05) is 56.4 Å². The SMILES string of the molecule is C=C/C(=C\C(C)=C\C)c1ccc2c#ccc(-c3ccc(N4CCOCC4)nc3)c2n1.CC.